The van der Waals surface area contributed by atoms with Crippen LogP contribution in [0.25, 0.3) is 0 Å². The van der Waals surface area contributed by atoms with E-state index in [2.05, 4.69) is 29.0 Å². The van der Waals surface area contributed by atoms with Crippen molar-refractivity contribution in [2.45, 2.75) is 39.3 Å². The van der Waals surface area contributed by atoms with Gasteiger partial charge in [0.1, 0.15) is 5.82 Å². The molecule has 1 aromatic rings. The normalized spacial score (nSPS) is 14.8. The van der Waals surface area contributed by atoms with Crippen LogP contribution < -0.4 is 10.2 Å². The molecule has 5 nitrogen and oxygen atoms in total. The maximum atomic E-state index is 5.19. The first-order valence-electron chi connectivity index (χ1n) is 7.47. The van der Waals surface area contributed by atoms with E-state index in [4.69, 9.17) is 9.72 Å². The molecule has 20 heavy (non-hydrogen) atoms. The van der Waals surface area contributed by atoms with Crippen LogP contribution in [0.2, 0.25) is 0 Å². The molecule has 0 atom stereocenters. The summed E-state index contributed by atoms with van der Waals surface area (Å²) in [6.45, 7) is 7.77. The molecule has 1 N–H and O–H groups in total. The fraction of sp³-hybridized carbons (Fsp3) is 0.733. The van der Waals surface area contributed by atoms with Crippen LogP contribution in [-0.2, 0) is 11.3 Å². The van der Waals surface area contributed by atoms with Crippen molar-refractivity contribution < 1.29 is 4.74 Å². The molecule has 0 spiro atoms. The molecule has 0 bridgehead atoms. The van der Waals surface area contributed by atoms with E-state index in [9.17, 15) is 0 Å². The SMILES string of the molecule is COCCN(CC(C)C)c1cncc(CNC2CC2)n1. The molecule has 112 valence electrons. The van der Waals surface area contributed by atoms with E-state index in [1.54, 1.807) is 7.11 Å². The quantitative estimate of drug-likeness (QED) is 0.747. The molecule has 1 fully saturated rings. The van der Waals surface area contributed by atoms with Gasteiger partial charge >= 0.3 is 0 Å². The lowest BCUT2D eigenvalue weighted by molar-refractivity contribution is 0.204. The number of hydrogen-bond donors (Lipinski definition) is 1. The Hall–Kier alpha value is -1.20. The Morgan fingerprint density at radius 2 is 2.20 bits per heavy atom. The third-order valence-corrected chi connectivity index (χ3v) is 3.30. The summed E-state index contributed by atoms with van der Waals surface area (Å²) in [4.78, 5) is 11.3. The molecule has 1 saturated carbocycles. The molecule has 5 heteroatoms. The average Bonchev–Trinajstić information content (AvgIpc) is 3.25. The fourth-order valence-corrected chi connectivity index (χ4v) is 2.11. The first kappa shape index (κ1) is 15.2. The third-order valence-electron chi connectivity index (χ3n) is 3.30. The van der Waals surface area contributed by atoms with Crippen molar-refractivity contribution in [3.05, 3.63) is 18.1 Å². The molecule has 0 saturated heterocycles. The number of anilines is 1. The van der Waals surface area contributed by atoms with E-state index >= 15 is 0 Å². The molecule has 0 amide bonds. The highest BCUT2D eigenvalue weighted by atomic mass is 16.5. The molecule has 0 aliphatic heterocycles. The van der Waals surface area contributed by atoms with Gasteiger partial charge in [0.25, 0.3) is 0 Å². The van der Waals surface area contributed by atoms with Crippen molar-refractivity contribution in [3.63, 3.8) is 0 Å². The predicted molar refractivity (Wildman–Crippen MR) is 80.8 cm³/mol. The van der Waals surface area contributed by atoms with Gasteiger partial charge in [0.15, 0.2) is 0 Å². The molecule has 1 aliphatic carbocycles. The minimum absolute atomic E-state index is 0.585. The van der Waals surface area contributed by atoms with Crippen LogP contribution in [0.3, 0.4) is 0 Å². The highest BCUT2D eigenvalue weighted by Gasteiger charge is 2.20. The summed E-state index contributed by atoms with van der Waals surface area (Å²) in [5.41, 5.74) is 1.01. The summed E-state index contributed by atoms with van der Waals surface area (Å²) < 4.78 is 5.19. The number of aromatic nitrogens is 2. The van der Waals surface area contributed by atoms with Gasteiger partial charge in [0, 0.05) is 39.0 Å². The van der Waals surface area contributed by atoms with Crippen molar-refractivity contribution in [2.75, 3.05) is 31.7 Å². The lowest BCUT2D eigenvalue weighted by Gasteiger charge is -2.25. The van der Waals surface area contributed by atoms with Gasteiger partial charge in [0.2, 0.25) is 0 Å². The molecular formula is C15H26N4O. The Labute approximate surface area is 121 Å². The van der Waals surface area contributed by atoms with Gasteiger partial charge in [-0.15, -0.1) is 0 Å². The van der Waals surface area contributed by atoms with Crippen LogP contribution in [-0.4, -0.2) is 42.8 Å². The summed E-state index contributed by atoms with van der Waals surface area (Å²) >= 11 is 0. The van der Waals surface area contributed by atoms with E-state index in [0.717, 1.165) is 31.1 Å². The monoisotopic (exact) mass is 278 g/mol. The van der Waals surface area contributed by atoms with Crippen molar-refractivity contribution in [1.82, 2.24) is 15.3 Å². The summed E-state index contributed by atoms with van der Waals surface area (Å²) in [5.74, 6) is 1.53. The van der Waals surface area contributed by atoms with Crippen LogP contribution in [0.1, 0.15) is 32.4 Å². The van der Waals surface area contributed by atoms with Crippen molar-refractivity contribution in [3.8, 4) is 0 Å². The molecule has 1 aliphatic rings. The second-order valence-corrected chi connectivity index (χ2v) is 5.86. The lowest BCUT2D eigenvalue weighted by atomic mass is 10.2. The highest BCUT2D eigenvalue weighted by Crippen LogP contribution is 2.19. The zero-order valence-electron chi connectivity index (χ0n) is 12.8. The topological polar surface area (TPSA) is 50.3 Å². The van der Waals surface area contributed by atoms with E-state index in [1.807, 2.05) is 12.4 Å². The molecule has 0 aromatic carbocycles. The number of nitrogens with zero attached hydrogens (tertiary/aromatic N) is 3. The first-order valence-corrected chi connectivity index (χ1v) is 7.47. The second-order valence-electron chi connectivity index (χ2n) is 5.86. The average molecular weight is 278 g/mol. The van der Waals surface area contributed by atoms with Crippen LogP contribution in [0.15, 0.2) is 12.4 Å². The number of nitrogens with one attached hydrogen (secondary N) is 1. The smallest absolute Gasteiger partial charge is 0.147 e. The minimum Gasteiger partial charge on any atom is -0.383 e. The number of rotatable bonds is 9. The molecule has 0 unspecified atom stereocenters. The summed E-state index contributed by atoms with van der Waals surface area (Å²) in [6.07, 6.45) is 6.28. The largest absolute Gasteiger partial charge is 0.383 e. The molecular weight excluding hydrogens is 252 g/mol. The Kier molecular flexibility index (Phi) is 5.73. The van der Waals surface area contributed by atoms with E-state index in [-0.39, 0.29) is 0 Å². The van der Waals surface area contributed by atoms with Gasteiger partial charge in [-0.2, -0.15) is 0 Å². The second kappa shape index (κ2) is 7.55. The molecule has 1 aromatic heterocycles. The number of hydrogen-bond acceptors (Lipinski definition) is 5. The van der Waals surface area contributed by atoms with Gasteiger partial charge < -0.3 is 15.0 Å². The first-order chi connectivity index (χ1) is 9.69. The third kappa shape index (κ3) is 5.06. The van der Waals surface area contributed by atoms with Gasteiger partial charge in [-0.1, -0.05) is 13.8 Å². The van der Waals surface area contributed by atoms with E-state index in [0.29, 0.717) is 18.6 Å². The number of ether oxygens (including phenoxy) is 1. The van der Waals surface area contributed by atoms with Crippen LogP contribution in [0, 0.1) is 5.92 Å². The molecule has 0 radical (unpaired) electrons. The van der Waals surface area contributed by atoms with Gasteiger partial charge in [-0.05, 0) is 18.8 Å². The van der Waals surface area contributed by atoms with Gasteiger partial charge in [-0.3, -0.25) is 4.98 Å². The Balaban J connectivity index is 1.99. The summed E-state index contributed by atoms with van der Waals surface area (Å²) in [6, 6.07) is 0.695. The predicted octanol–water partition coefficient (Wildman–Crippen LogP) is 1.84. The van der Waals surface area contributed by atoms with Gasteiger partial charge in [-0.25, -0.2) is 4.98 Å². The van der Waals surface area contributed by atoms with Crippen LogP contribution in [0.5, 0.6) is 0 Å². The summed E-state index contributed by atoms with van der Waals surface area (Å²) in [5, 5.41) is 3.48. The van der Waals surface area contributed by atoms with E-state index in [1.165, 1.54) is 12.8 Å². The van der Waals surface area contributed by atoms with Crippen molar-refractivity contribution >= 4 is 5.82 Å². The maximum Gasteiger partial charge on any atom is 0.147 e. The zero-order valence-corrected chi connectivity index (χ0v) is 12.8. The Bertz CT molecular complexity index is 407. The van der Waals surface area contributed by atoms with Crippen LogP contribution in [0.4, 0.5) is 5.82 Å². The molecule has 1 heterocycles. The zero-order chi connectivity index (χ0) is 14.4. The van der Waals surface area contributed by atoms with Gasteiger partial charge in [0.05, 0.1) is 18.5 Å². The standard InChI is InChI=1S/C15H26N4O/c1-12(2)11-19(6-7-20-3)15-10-16-8-14(18-15)9-17-13-4-5-13/h8,10,12-13,17H,4-7,9,11H2,1-3H3. The molecule has 2 rings (SSSR count). The van der Waals surface area contributed by atoms with Crippen molar-refractivity contribution in [1.29, 1.82) is 0 Å². The lowest BCUT2D eigenvalue weighted by Crippen LogP contribution is -2.32. The Morgan fingerprint density at radius 1 is 1.40 bits per heavy atom. The summed E-state index contributed by atoms with van der Waals surface area (Å²) in [7, 11) is 1.73. The maximum absolute atomic E-state index is 5.19. The minimum atomic E-state index is 0.585. The Morgan fingerprint density at radius 3 is 2.85 bits per heavy atom. The van der Waals surface area contributed by atoms with E-state index < -0.39 is 0 Å². The van der Waals surface area contributed by atoms with Crippen LogP contribution >= 0.6 is 0 Å². The highest BCUT2D eigenvalue weighted by molar-refractivity contribution is 5.36. The fourth-order valence-electron chi connectivity index (χ4n) is 2.11. The van der Waals surface area contributed by atoms with Crippen molar-refractivity contribution in [2.24, 2.45) is 5.92 Å². The number of methoxy groups -OCH3 is 1.